The molecule has 1 N–H and O–H groups in total. The first-order chi connectivity index (χ1) is 8.54. The third-order valence-electron chi connectivity index (χ3n) is 2.17. The summed E-state index contributed by atoms with van der Waals surface area (Å²) in [7, 11) is 2.91. The van der Waals surface area contributed by atoms with Crippen LogP contribution in [-0.4, -0.2) is 25.3 Å². The Balaban J connectivity index is 3.49. The Kier molecular flexibility index (Phi) is 4.75. The lowest BCUT2D eigenvalue weighted by molar-refractivity contribution is -0.132. The SMILES string of the molecule is COc1ccc(Br)c(/C=C(\C#N)C(=O)O)c1OC. The zero-order valence-electron chi connectivity index (χ0n) is 9.73. The van der Waals surface area contributed by atoms with Crippen LogP contribution in [0.1, 0.15) is 5.56 Å². The Morgan fingerprint density at radius 3 is 2.56 bits per heavy atom. The van der Waals surface area contributed by atoms with Gasteiger partial charge in [-0.1, -0.05) is 15.9 Å². The number of hydrogen-bond acceptors (Lipinski definition) is 4. The van der Waals surface area contributed by atoms with Crippen molar-refractivity contribution < 1.29 is 19.4 Å². The number of ether oxygens (including phenoxy) is 2. The third-order valence-corrected chi connectivity index (χ3v) is 2.86. The number of carboxylic acids is 1. The first-order valence-corrected chi connectivity index (χ1v) is 5.60. The molecular formula is C12H10BrNO4. The molecule has 0 aliphatic heterocycles. The van der Waals surface area contributed by atoms with Crippen LogP contribution in [0, 0.1) is 11.3 Å². The van der Waals surface area contributed by atoms with Crippen LogP contribution in [0.15, 0.2) is 22.2 Å². The van der Waals surface area contributed by atoms with E-state index in [4.69, 9.17) is 19.8 Å². The van der Waals surface area contributed by atoms with E-state index < -0.39 is 5.97 Å². The zero-order valence-corrected chi connectivity index (χ0v) is 11.3. The van der Waals surface area contributed by atoms with Crippen molar-refractivity contribution in [2.45, 2.75) is 0 Å². The highest BCUT2D eigenvalue weighted by Crippen LogP contribution is 2.37. The normalized spacial score (nSPS) is 10.7. The summed E-state index contributed by atoms with van der Waals surface area (Å²) in [6.45, 7) is 0. The van der Waals surface area contributed by atoms with Crippen LogP contribution in [0.5, 0.6) is 11.5 Å². The van der Waals surface area contributed by atoms with Gasteiger partial charge in [-0.15, -0.1) is 0 Å². The minimum atomic E-state index is -1.30. The van der Waals surface area contributed by atoms with Crippen molar-refractivity contribution in [3.05, 3.63) is 27.7 Å². The first-order valence-electron chi connectivity index (χ1n) is 4.80. The number of nitrogens with zero attached hydrogens (tertiary/aromatic N) is 1. The van der Waals surface area contributed by atoms with Gasteiger partial charge in [0.15, 0.2) is 11.5 Å². The van der Waals surface area contributed by atoms with Crippen LogP contribution < -0.4 is 9.47 Å². The number of halogens is 1. The zero-order chi connectivity index (χ0) is 13.7. The van der Waals surface area contributed by atoms with E-state index >= 15 is 0 Å². The average Bonchev–Trinajstić information content (AvgIpc) is 2.36. The summed E-state index contributed by atoms with van der Waals surface area (Å²) in [5.74, 6) is -0.482. The van der Waals surface area contributed by atoms with E-state index in [0.717, 1.165) is 0 Å². The van der Waals surface area contributed by atoms with E-state index in [2.05, 4.69) is 15.9 Å². The number of nitriles is 1. The minimum Gasteiger partial charge on any atom is -0.493 e. The molecule has 0 aliphatic carbocycles. The van der Waals surface area contributed by atoms with Crippen LogP contribution in [0.4, 0.5) is 0 Å². The molecule has 1 aromatic carbocycles. The Morgan fingerprint density at radius 1 is 1.44 bits per heavy atom. The fraction of sp³-hybridized carbons (Fsp3) is 0.167. The summed E-state index contributed by atoms with van der Waals surface area (Å²) in [5.41, 5.74) is 0.0538. The lowest BCUT2D eigenvalue weighted by atomic mass is 10.1. The number of hydrogen-bond donors (Lipinski definition) is 1. The van der Waals surface area contributed by atoms with Crippen LogP contribution >= 0.6 is 15.9 Å². The molecule has 0 heterocycles. The highest BCUT2D eigenvalue weighted by atomic mass is 79.9. The maximum absolute atomic E-state index is 10.8. The molecule has 1 aromatic rings. The van der Waals surface area contributed by atoms with Crippen molar-refractivity contribution in [2.24, 2.45) is 0 Å². The third kappa shape index (κ3) is 2.81. The van der Waals surface area contributed by atoms with Gasteiger partial charge in [-0.05, 0) is 18.2 Å². The van der Waals surface area contributed by atoms with Gasteiger partial charge in [-0.2, -0.15) is 5.26 Å². The van der Waals surface area contributed by atoms with Crippen molar-refractivity contribution in [3.63, 3.8) is 0 Å². The van der Waals surface area contributed by atoms with E-state index in [1.165, 1.54) is 20.3 Å². The smallest absolute Gasteiger partial charge is 0.346 e. The lowest BCUT2D eigenvalue weighted by Crippen LogP contribution is -1.99. The second kappa shape index (κ2) is 6.07. The molecule has 0 radical (unpaired) electrons. The predicted octanol–water partition coefficient (Wildman–Crippen LogP) is 2.46. The summed E-state index contributed by atoms with van der Waals surface area (Å²) in [4.78, 5) is 10.8. The van der Waals surface area contributed by atoms with Gasteiger partial charge in [0, 0.05) is 10.0 Å². The molecule has 0 fully saturated rings. The molecule has 5 nitrogen and oxygen atoms in total. The van der Waals surface area contributed by atoms with Crippen molar-refractivity contribution in [2.75, 3.05) is 14.2 Å². The van der Waals surface area contributed by atoms with E-state index in [1.54, 1.807) is 18.2 Å². The topological polar surface area (TPSA) is 79.5 Å². The number of benzene rings is 1. The average molecular weight is 312 g/mol. The minimum absolute atomic E-state index is 0.362. The Labute approximate surface area is 112 Å². The summed E-state index contributed by atoms with van der Waals surface area (Å²) >= 11 is 3.28. The molecule has 0 aliphatic rings. The van der Waals surface area contributed by atoms with Crippen LogP contribution in [0.25, 0.3) is 6.08 Å². The van der Waals surface area contributed by atoms with Crippen LogP contribution in [0.2, 0.25) is 0 Å². The molecule has 0 saturated carbocycles. The second-order valence-electron chi connectivity index (χ2n) is 3.17. The van der Waals surface area contributed by atoms with Gasteiger partial charge in [0.25, 0.3) is 0 Å². The van der Waals surface area contributed by atoms with Gasteiger partial charge in [0.2, 0.25) is 0 Å². The van der Waals surface area contributed by atoms with Crippen LogP contribution in [0.3, 0.4) is 0 Å². The van der Waals surface area contributed by atoms with Crippen molar-refractivity contribution in [1.82, 2.24) is 0 Å². The molecule has 18 heavy (non-hydrogen) atoms. The molecule has 0 aromatic heterocycles. The molecular weight excluding hydrogens is 302 g/mol. The Bertz CT molecular complexity index is 546. The van der Waals surface area contributed by atoms with E-state index in [0.29, 0.717) is 21.5 Å². The van der Waals surface area contributed by atoms with Crippen molar-refractivity contribution in [3.8, 4) is 17.6 Å². The first kappa shape index (κ1) is 14.1. The molecule has 1 rings (SSSR count). The monoisotopic (exact) mass is 311 g/mol. The second-order valence-corrected chi connectivity index (χ2v) is 4.03. The molecule has 0 atom stereocenters. The summed E-state index contributed by atoms with van der Waals surface area (Å²) in [5, 5.41) is 17.6. The molecule has 0 amide bonds. The van der Waals surface area contributed by atoms with Gasteiger partial charge < -0.3 is 14.6 Å². The number of methoxy groups -OCH3 is 2. The maximum atomic E-state index is 10.8. The highest BCUT2D eigenvalue weighted by Gasteiger charge is 2.15. The van der Waals surface area contributed by atoms with E-state index in [1.807, 2.05) is 0 Å². The molecule has 0 saturated heterocycles. The number of carbonyl (C=O) groups is 1. The lowest BCUT2D eigenvalue weighted by Gasteiger charge is -2.11. The fourth-order valence-electron chi connectivity index (χ4n) is 1.35. The summed E-state index contributed by atoms with van der Waals surface area (Å²) in [6.07, 6.45) is 1.23. The largest absolute Gasteiger partial charge is 0.493 e. The number of aliphatic carboxylic acids is 1. The van der Waals surface area contributed by atoms with E-state index in [-0.39, 0.29) is 5.57 Å². The number of carboxylic acid groups (broad SMARTS) is 1. The number of rotatable bonds is 4. The standard InChI is InChI=1S/C12H10BrNO4/c1-17-10-4-3-9(13)8(11(10)18-2)5-7(6-14)12(15)16/h3-5H,1-2H3,(H,15,16)/b7-5+. The quantitative estimate of drug-likeness (QED) is 0.682. The molecule has 0 spiro atoms. The highest BCUT2D eigenvalue weighted by molar-refractivity contribution is 9.10. The molecule has 6 heteroatoms. The molecule has 94 valence electrons. The summed E-state index contributed by atoms with van der Waals surface area (Å²) < 4.78 is 10.9. The van der Waals surface area contributed by atoms with Crippen molar-refractivity contribution >= 4 is 28.0 Å². The predicted molar refractivity (Wildman–Crippen MR) is 68.5 cm³/mol. The van der Waals surface area contributed by atoms with Gasteiger partial charge in [-0.3, -0.25) is 0 Å². The van der Waals surface area contributed by atoms with Crippen molar-refractivity contribution in [1.29, 1.82) is 5.26 Å². The Morgan fingerprint density at radius 2 is 2.11 bits per heavy atom. The van der Waals surface area contributed by atoms with Gasteiger partial charge in [0.1, 0.15) is 11.6 Å². The fourth-order valence-corrected chi connectivity index (χ4v) is 1.77. The van der Waals surface area contributed by atoms with Gasteiger partial charge in [-0.25, -0.2) is 4.79 Å². The summed E-state index contributed by atoms with van der Waals surface area (Å²) in [6, 6.07) is 4.97. The Hall–Kier alpha value is -2.00. The van der Waals surface area contributed by atoms with Crippen LogP contribution in [-0.2, 0) is 4.79 Å². The van der Waals surface area contributed by atoms with E-state index in [9.17, 15) is 4.79 Å². The maximum Gasteiger partial charge on any atom is 0.346 e. The van der Waals surface area contributed by atoms with Gasteiger partial charge in [0.05, 0.1) is 14.2 Å². The molecule has 0 unspecified atom stereocenters. The van der Waals surface area contributed by atoms with Gasteiger partial charge >= 0.3 is 5.97 Å². The molecule has 0 bridgehead atoms.